The average Bonchev–Trinajstić information content (AvgIpc) is 3.32. The fourth-order valence-corrected chi connectivity index (χ4v) is 6.53. The Kier molecular flexibility index (Phi) is 19.1. The molecule has 13 heteroatoms. The number of carboxylic acids is 1. The molecule has 3 rings (SSSR count). The van der Waals surface area contributed by atoms with Crippen LogP contribution in [-0.2, 0) is 21.1 Å². The van der Waals surface area contributed by atoms with Gasteiger partial charge in [0.2, 0.25) is 5.01 Å². The molecule has 2 aliphatic rings. The largest absolute Gasteiger partial charge is 0.481 e. The summed E-state index contributed by atoms with van der Waals surface area (Å²) in [5.41, 5.74) is 0. The number of hydrogen-bond acceptors (Lipinski definition) is 10. The summed E-state index contributed by atoms with van der Waals surface area (Å²) in [6, 6.07) is 0. The number of aryl methyl sites for hydroxylation is 1. The highest BCUT2D eigenvalue weighted by Gasteiger charge is 2.26. The Morgan fingerprint density at radius 3 is 2.53 bits per heavy atom. The first-order chi connectivity index (χ1) is 20.8. The third-order valence-corrected chi connectivity index (χ3v) is 9.85. The Morgan fingerprint density at radius 1 is 1.07 bits per heavy atom. The minimum absolute atomic E-state index is 0.0610. The van der Waals surface area contributed by atoms with E-state index in [1.54, 1.807) is 31.2 Å². The van der Waals surface area contributed by atoms with E-state index in [2.05, 4.69) is 31.1 Å². The number of rotatable bonds is 15. The Balaban J connectivity index is 0.00000221. The lowest BCUT2D eigenvalue weighted by Crippen LogP contribution is -2.41. The van der Waals surface area contributed by atoms with Gasteiger partial charge in [0.1, 0.15) is 5.01 Å². The number of nitrogens with zero attached hydrogens (tertiary/aromatic N) is 3. The first-order valence-corrected chi connectivity index (χ1v) is 17.8. The van der Waals surface area contributed by atoms with Crippen LogP contribution in [0.5, 0.6) is 0 Å². The molecule has 1 amide bonds. The number of nitrogens with one attached hydrogen (secondary N) is 3. The van der Waals surface area contributed by atoms with Gasteiger partial charge in [0.25, 0.3) is 5.91 Å². The molecule has 0 saturated heterocycles. The van der Waals surface area contributed by atoms with Crippen LogP contribution >= 0.6 is 11.3 Å². The number of sulfone groups is 1. The van der Waals surface area contributed by atoms with Crippen LogP contribution in [0.4, 0.5) is 0 Å². The van der Waals surface area contributed by atoms with E-state index >= 15 is 0 Å². The van der Waals surface area contributed by atoms with Gasteiger partial charge in [-0.2, -0.15) is 0 Å². The molecular formula is C30H50N6O5S2. The van der Waals surface area contributed by atoms with Crippen molar-refractivity contribution >= 4 is 39.0 Å². The molecule has 11 nitrogen and oxygen atoms in total. The number of aliphatic imine (C=N–C) groups is 1. The molecule has 0 spiro atoms. The van der Waals surface area contributed by atoms with Crippen LogP contribution < -0.4 is 16.0 Å². The van der Waals surface area contributed by atoms with Gasteiger partial charge in [-0.15, -0.1) is 10.2 Å². The monoisotopic (exact) mass is 638 g/mol. The lowest BCUT2D eigenvalue weighted by atomic mass is 10.0. The van der Waals surface area contributed by atoms with Crippen molar-refractivity contribution in [1.29, 1.82) is 0 Å². The number of carbonyl (C=O) groups is 2. The number of amides is 1. The normalized spacial score (nSPS) is 15.6. The van der Waals surface area contributed by atoms with Gasteiger partial charge in [0.05, 0.1) is 11.2 Å². The Bertz CT molecular complexity index is 1210. The SMILES string of the molecule is CC.CC.CC(CCCC(CNC(=O)c1nnc(CCCCNC2=NCCCN2)s1)C(=O)O)S(=O)(=O)C1=CC=CC=CC1. The first-order valence-electron chi connectivity index (χ1n) is 15.4. The average molecular weight is 639 g/mol. The molecule has 0 radical (unpaired) electrons. The summed E-state index contributed by atoms with van der Waals surface area (Å²) < 4.78 is 25.7. The molecule has 1 aliphatic carbocycles. The van der Waals surface area contributed by atoms with Crippen molar-refractivity contribution in [2.24, 2.45) is 10.9 Å². The van der Waals surface area contributed by atoms with Crippen molar-refractivity contribution in [3.05, 3.63) is 45.3 Å². The number of carboxylic acid groups (broad SMARTS) is 1. The maximum Gasteiger partial charge on any atom is 0.308 e. The van der Waals surface area contributed by atoms with Crippen molar-refractivity contribution in [2.45, 2.75) is 91.2 Å². The van der Waals surface area contributed by atoms with E-state index in [4.69, 9.17) is 0 Å². The third-order valence-electron chi connectivity index (χ3n) is 6.54. The van der Waals surface area contributed by atoms with Crippen molar-refractivity contribution in [3.63, 3.8) is 0 Å². The highest BCUT2D eigenvalue weighted by Crippen LogP contribution is 2.23. The standard InChI is InChI=1S/C26H38N6O5S2.2C2H6/c1-19(39(36,37)21-12-4-2-3-5-13-21)10-8-11-20(25(34)35)18-30-23(33)24-32-31-22(38-24)14-6-7-15-27-26-28-16-9-17-29-26;2*1-2/h2-5,12,19-20H,6-11,13-18H2,1H3,(H,30,33)(H,34,35)(H2,27,28,29);2*1-2H3. The van der Waals surface area contributed by atoms with Crippen LogP contribution in [-0.4, -0.2) is 73.0 Å². The van der Waals surface area contributed by atoms with E-state index in [0.29, 0.717) is 30.6 Å². The zero-order valence-corrected chi connectivity index (χ0v) is 27.9. The van der Waals surface area contributed by atoms with Gasteiger partial charge in [0.15, 0.2) is 15.8 Å². The number of guanidine groups is 1. The zero-order chi connectivity index (χ0) is 32.1. The minimum atomic E-state index is -3.46. The smallest absolute Gasteiger partial charge is 0.308 e. The van der Waals surface area contributed by atoms with Crippen molar-refractivity contribution < 1.29 is 23.1 Å². The topological polar surface area (TPSA) is 163 Å². The van der Waals surface area contributed by atoms with E-state index < -0.39 is 32.9 Å². The Labute approximate surface area is 261 Å². The summed E-state index contributed by atoms with van der Waals surface area (Å²) in [6.07, 6.45) is 13.6. The van der Waals surface area contributed by atoms with Crippen LogP contribution in [0.2, 0.25) is 0 Å². The number of carbonyl (C=O) groups excluding carboxylic acids is 1. The van der Waals surface area contributed by atoms with Crippen molar-refractivity contribution in [3.8, 4) is 0 Å². The molecular weight excluding hydrogens is 589 g/mol. The highest BCUT2D eigenvalue weighted by molar-refractivity contribution is 7.95. The lowest BCUT2D eigenvalue weighted by Gasteiger charge is -2.17. The number of hydrogen-bond donors (Lipinski definition) is 4. The van der Waals surface area contributed by atoms with Crippen LogP contribution in [0.3, 0.4) is 0 Å². The minimum Gasteiger partial charge on any atom is -0.481 e. The van der Waals surface area contributed by atoms with Gasteiger partial charge in [-0.1, -0.05) is 69.8 Å². The second-order valence-corrected chi connectivity index (χ2v) is 13.1. The number of allylic oxidation sites excluding steroid dienone is 6. The van der Waals surface area contributed by atoms with Crippen LogP contribution in [0.15, 0.2) is 40.3 Å². The van der Waals surface area contributed by atoms with Crippen LogP contribution in [0.1, 0.15) is 94.4 Å². The van der Waals surface area contributed by atoms with Crippen molar-refractivity contribution in [1.82, 2.24) is 26.1 Å². The fraction of sp³-hybridized carbons (Fsp3) is 0.633. The van der Waals surface area contributed by atoms with Gasteiger partial charge >= 0.3 is 5.97 Å². The molecule has 1 aromatic heterocycles. The van der Waals surface area contributed by atoms with Crippen LogP contribution in [0, 0.1) is 5.92 Å². The predicted octanol–water partition coefficient (Wildman–Crippen LogP) is 4.66. The number of aromatic nitrogens is 2. The predicted molar refractivity (Wildman–Crippen MR) is 175 cm³/mol. The fourth-order valence-electron chi connectivity index (χ4n) is 4.14. The summed E-state index contributed by atoms with van der Waals surface area (Å²) in [5, 5.41) is 27.1. The summed E-state index contributed by atoms with van der Waals surface area (Å²) in [5.74, 6) is -1.47. The third kappa shape index (κ3) is 13.8. The lowest BCUT2D eigenvalue weighted by molar-refractivity contribution is -0.141. The molecule has 2 atom stereocenters. The van der Waals surface area contributed by atoms with E-state index in [9.17, 15) is 23.1 Å². The highest BCUT2D eigenvalue weighted by atomic mass is 32.2. The quantitative estimate of drug-likeness (QED) is 0.200. The molecule has 0 fully saturated rings. The molecule has 0 saturated carbocycles. The molecule has 2 unspecified atom stereocenters. The Hall–Kier alpha value is -3.06. The van der Waals surface area contributed by atoms with E-state index in [0.717, 1.165) is 49.9 Å². The van der Waals surface area contributed by atoms with Gasteiger partial charge in [-0.3, -0.25) is 14.6 Å². The summed E-state index contributed by atoms with van der Waals surface area (Å²) >= 11 is 1.21. The first kappa shape index (κ1) is 38.0. The van der Waals surface area contributed by atoms with E-state index in [-0.39, 0.29) is 18.0 Å². The second kappa shape index (κ2) is 21.6. The maximum atomic E-state index is 12.9. The van der Waals surface area contributed by atoms with E-state index in [1.165, 1.54) is 11.3 Å². The number of aliphatic carboxylic acids is 1. The number of unbranched alkanes of at least 4 members (excludes halogenated alkanes) is 1. The van der Waals surface area contributed by atoms with E-state index in [1.807, 2.05) is 33.8 Å². The van der Waals surface area contributed by atoms with Gasteiger partial charge in [0, 0.05) is 43.9 Å². The summed E-state index contributed by atoms with van der Waals surface area (Å²) in [7, 11) is -3.46. The molecule has 4 N–H and O–H groups in total. The molecule has 0 bridgehead atoms. The van der Waals surface area contributed by atoms with Crippen LogP contribution in [0.25, 0.3) is 0 Å². The summed E-state index contributed by atoms with van der Waals surface area (Å²) in [6.45, 7) is 12.2. The molecule has 1 aliphatic heterocycles. The molecule has 1 aromatic rings. The van der Waals surface area contributed by atoms with Gasteiger partial charge in [-0.25, -0.2) is 8.42 Å². The second-order valence-electron chi connectivity index (χ2n) is 9.58. The van der Waals surface area contributed by atoms with Crippen molar-refractivity contribution in [2.75, 3.05) is 26.2 Å². The molecule has 242 valence electrons. The summed E-state index contributed by atoms with van der Waals surface area (Å²) in [4.78, 5) is 29.0. The molecule has 43 heavy (non-hydrogen) atoms. The zero-order valence-electron chi connectivity index (χ0n) is 26.3. The van der Waals surface area contributed by atoms with Gasteiger partial charge in [-0.05, 0) is 45.1 Å². The van der Waals surface area contributed by atoms with Gasteiger partial charge < -0.3 is 21.1 Å². The maximum absolute atomic E-state index is 12.9. The molecule has 2 heterocycles. The molecule has 0 aromatic carbocycles. The Morgan fingerprint density at radius 2 is 1.84 bits per heavy atom.